The lowest BCUT2D eigenvalue weighted by Gasteiger charge is -2.21. The van der Waals surface area contributed by atoms with E-state index in [2.05, 4.69) is 22.4 Å². The molecule has 35 heavy (non-hydrogen) atoms. The average molecular weight is 467 g/mol. The van der Waals surface area contributed by atoms with Crippen LogP contribution in [0, 0.1) is 6.92 Å². The summed E-state index contributed by atoms with van der Waals surface area (Å²) in [4.78, 5) is 38.0. The highest BCUT2D eigenvalue weighted by molar-refractivity contribution is 6.21. The van der Waals surface area contributed by atoms with Gasteiger partial charge >= 0.3 is 0 Å². The number of ether oxygens (including phenoxy) is 1. The van der Waals surface area contributed by atoms with E-state index in [4.69, 9.17) is 9.73 Å². The van der Waals surface area contributed by atoms with Crippen LogP contribution in [-0.4, -0.2) is 43.2 Å². The van der Waals surface area contributed by atoms with Crippen molar-refractivity contribution in [1.82, 2.24) is 5.32 Å². The molecule has 0 saturated heterocycles. The maximum Gasteiger partial charge on any atom is 0.272 e. The number of carbonyl (C=O) groups excluding carboxylic acids is 2. The van der Waals surface area contributed by atoms with E-state index in [0.717, 1.165) is 34.4 Å². The zero-order valence-electron chi connectivity index (χ0n) is 19.9. The number of nitrogens with one attached hydrogen (secondary N) is 1. The summed E-state index contributed by atoms with van der Waals surface area (Å²) in [6.07, 6.45) is -0.302. The molecule has 1 atom stereocenters. The summed E-state index contributed by atoms with van der Waals surface area (Å²) in [7, 11) is 1.52. The highest BCUT2D eigenvalue weighted by atomic mass is 16.5. The molecule has 2 heterocycles. The Balaban J connectivity index is 1.59. The number of amides is 2. The van der Waals surface area contributed by atoms with Gasteiger partial charge in [0, 0.05) is 24.6 Å². The summed E-state index contributed by atoms with van der Waals surface area (Å²) in [5.74, 6) is -0.248. The van der Waals surface area contributed by atoms with Crippen LogP contribution in [0.1, 0.15) is 39.5 Å². The number of rotatable bonds is 4. The van der Waals surface area contributed by atoms with Gasteiger partial charge in [-0.15, -0.1) is 0 Å². The molecule has 2 amide bonds. The lowest BCUT2D eigenvalue weighted by atomic mass is 9.96. The lowest BCUT2D eigenvalue weighted by Crippen LogP contribution is -2.47. The highest BCUT2D eigenvalue weighted by Gasteiger charge is 2.37. The number of methoxy groups -OCH3 is 1. The third-order valence-corrected chi connectivity index (χ3v) is 6.26. The summed E-state index contributed by atoms with van der Waals surface area (Å²) in [6.45, 7) is 4.32. The average Bonchev–Trinajstić information content (AvgIpc) is 3.25. The number of aliphatic imine (C=N–C) groups is 2. The highest BCUT2D eigenvalue weighted by Crippen LogP contribution is 2.37. The SMILES string of the molecule is CO/C(C)=N/c1ccccc1C(=O)NC1N=C(c2ccccc2)c2cc(C)cc3c2N(CC3)C1=O. The smallest absolute Gasteiger partial charge is 0.272 e. The van der Waals surface area contributed by atoms with Crippen LogP contribution in [0.25, 0.3) is 0 Å². The van der Waals surface area contributed by atoms with Crippen LogP contribution in [0.3, 0.4) is 0 Å². The molecule has 0 radical (unpaired) electrons. The maximum atomic E-state index is 13.7. The number of hydrogen-bond donors (Lipinski definition) is 1. The Morgan fingerprint density at radius 3 is 2.63 bits per heavy atom. The second kappa shape index (κ2) is 9.18. The van der Waals surface area contributed by atoms with Crippen molar-refractivity contribution in [3.8, 4) is 0 Å². The number of benzene rings is 3. The van der Waals surface area contributed by atoms with Gasteiger partial charge in [0.1, 0.15) is 0 Å². The summed E-state index contributed by atoms with van der Waals surface area (Å²) >= 11 is 0. The Hall–Kier alpha value is -4.26. The molecule has 1 N–H and O–H groups in total. The van der Waals surface area contributed by atoms with Crippen molar-refractivity contribution in [2.75, 3.05) is 18.6 Å². The van der Waals surface area contributed by atoms with Crippen molar-refractivity contribution >= 4 is 34.8 Å². The molecule has 0 fully saturated rings. The third kappa shape index (κ3) is 4.21. The molecule has 2 aliphatic heterocycles. The van der Waals surface area contributed by atoms with E-state index in [1.54, 1.807) is 36.1 Å². The molecule has 3 aromatic rings. The van der Waals surface area contributed by atoms with Crippen LogP contribution in [0.4, 0.5) is 11.4 Å². The van der Waals surface area contributed by atoms with Crippen molar-refractivity contribution < 1.29 is 14.3 Å². The molecular weight excluding hydrogens is 440 g/mol. The molecule has 3 aromatic carbocycles. The first-order valence-corrected chi connectivity index (χ1v) is 11.5. The van der Waals surface area contributed by atoms with E-state index in [-0.39, 0.29) is 5.91 Å². The van der Waals surface area contributed by atoms with Gasteiger partial charge in [-0.2, -0.15) is 0 Å². The van der Waals surface area contributed by atoms with Gasteiger partial charge in [-0.3, -0.25) is 9.59 Å². The Kier molecular flexibility index (Phi) is 5.91. The van der Waals surface area contributed by atoms with Crippen molar-refractivity contribution in [2.24, 2.45) is 9.98 Å². The molecule has 0 aromatic heterocycles. The minimum atomic E-state index is -1.07. The summed E-state index contributed by atoms with van der Waals surface area (Å²) in [6, 6.07) is 20.9. The first kappa shape index (κ1) is 22.5. The van der Waals surface area contributed by atoms with E-state index < -0.39 is 12.1 Å². The van der Waals surface area contributed by atoms with Gasteiger partial charge in [-0.05, 0) is 37.1 Å². The second-order valence-corrected chi connectivity index (χ2v) is 8.63. The number of para-hydroxylation sites is 1. The molecule has 1 unspecified atom stereocenters. The van der Waals surface area contributed by atoms with Gasteiger partial charge in [0.15, 0.2) is 5.90 Å². The summed E-state index contributed by atoms with van der Waals surface area (Å²) < 4.78 is 5.15. The van der Waals surface area contributed by atoms with Gasteiger partial charge in [-0.25, -0.2) is 9.98 Å². The molecule has 176 valence electrons. The second-order valence-electron chi connectivity index (χ2n) is 8.63. The molecule has 2 aliphatic rings. The predicted octanol–water partition coefficient (Wildman–Crippen LogP) is 4.19. The van der Waals surface area contributed by atoms with Crippen LogP contribution >= 0.6 is 0 Å². The van der Waals surface area contributed by atoms with Crippen molar-refractivity contribution in [2.45, 2.75) is 26.4 Å². The standard InChI is InChI=1S/C28H26N4O3/c1-17-15-20-13-14-32-25(20)22(16-17)24(19-9-5-4-6-10-19)30-26(28(32)34)31-27(33)21-11-7-8-12-23(21)29-18(2)35-3/h4-12,15-16,26H,13-14H2,1-3H3,(H,31,33)/b29-18+. The van der Waals surface area contributed by atoms with Crippen LogP contribution in [0.15, 0.2) is 76.7 Å². The van der Waals surface area contributed by atoms with E-state index >= 15 is 0 Å². The van der Waals surface area contributed by atoms with Gasteiger partial charge in [0.05, 0.1) is 29.8 Å². The molecule has 5 rings (SSSR count). The maximum absolute atomic E-state index is 13.7. The molecule has 0 spiro atoms. The van der Waals surface area contributed by atoms with Crippen LogP contribution in [-0.2, 0) is 16.0 Å². The quantitative estimate of drug-likeness (QED) is 0.462. The Morgan fingerprint density at radius 1 is 1.11 bits per heavy atom. The van der Waals surface area contributed by atoms with Crippen molar-refractivity contribution in [1.29, 1.82) is 0 Å². The topological polar surface area (TPSA) is 83.4 Å². The minimum absolute atomic E-state index is 0.248. The first-order chi connectivity index (χ1) is 17.0. The number of hydrogen-bond acceptors (Lipinski definition) is 5. The number of aryl methyl sites for hydroxylation is 1. The van der Waals surface area contributed by atoms with Gasteiger partial charge in [0.2, 0.25) is 6.17 Å². The fourth-order valence-electron chi connectivity index (χ4n) is 4.61. The fourth-order valence-corrected chi connectivity index (χ4v) is 4.61. The van der Waals surface area contributed by atoms with Crippen LogP contribution in [0.5, 0.6) is 0 Å². The van der Waals surface area contributed by atoms with Crippen molar-refractivity contribution in [3.63, 3.8) is 0 Å². The minimum Gasteiger partial charge on any atom is -0.484 e. The number of carbonyl (C=O) groups is 2. The van der Waals surface area contributed by atoms with Gasteiger partial charge in [0.25, 0.3) is 11.8 Å². The molecule has 7 heteroatoms. The molecule has 7 nitrogen and oxygen atoms in total. The summed E-state index contributed by atoms with van der Waals surface area (Å²) in [5, 5.41) is 2.87. The summed E-state index contributed by atoms with van der Waals surface area (Å²) in [5.41, 5.74) is 6.42. The fraction of sp³-hybridized carbons (Fsp3) is 0.214. The monoisotopic (exact) mass is 466 g/mol. The molecule has 0 saturated carbocycles. The molecular formula is C28H26N4O3. The van der Waals surface area contributed by atoms with Gasteiger partial charge < -0.3 is 15.0 Å². The molecule has 0 bridgehead atoms. The Labute approximate surface area is 204 Å². The molecule has 0 aliphatic carbocycles. The largest absolute Gasteiger partial charge is 0.484 e. The third-order valence-electron chi connectivity index (χ3n) is 6.26. The zero-order chi connectivity index (χ0) is 24.5. The van der Waals surface area contributed by atoms with Crippen LogP contribution in [0.2, 0.25) is 0 Å². The number of anilines is 1. The first-order valence-electron chi connectivity index (χ1n) is 11.5. The van der Waals surface area contributed by atoms with E-state index in [1.165, 1.54) is 7.11 Å². The van der Waals surface area contributed by atoms with E-state index in [1.807, 2.05) is 37.3 Å². The normalized spacial score (nSPS) is 16.9. The van der Waals surface area contributed by atoms with Crippen LogP contribution < -0.4 is 10.2 Å². The predicted molar refractivity (Wildman–Crippen MR) is 137 cm³/mol. The van der Waals surface area contributed by atoms with E-state index in [0.29, 0.717) is 29.4 Å². The van der Waals surface area contributed by atoms with Crippen molar-refractivity contribution in [3.05, 3.63) is 94.5 Å². The van der Waals surface area contributed by atoms with E-state index in [9.17, 15) is 9.59 Å². The number of nitrogens with zero attached hydrogens (tertiary/aromatic N) is 3. The Bertz CT molecular complexity index is 1380. The lowest BCUT2D eigenvalue weighted by molar-refractivity contribution is -0.120. The Morgan fingerprint density at radius 2 is 1.86 bits per heavy atom. The zero-order valence-corrected chi connectivity index (χ0v) is 19.9. The van der Waals surface area contributed by atoms with Gasteiger partial charge in [-0.1, -0.05) is 54.1 Å².